The molecular formula is C17H22O4. The van der Waals surface area contributed by atoms with Gasteiger partial charge >= 0.3 is 11.9 Å². The molecule has 1 aliphatic carbocycles. The largest absolute Gasteiger partial charge is 0.465 e. The van der Waals surface area contributed by atoms with Gasteiger partial charge in [-0.3, -0.25) is 4.79 Å². The van der Waals surface area contributed by atoms with Crippen molar-refractivity contribution in [3.05, 3.63) is 35.9 Å². The van der Waals surface area contributed by atoms with Crippen LogP contribution in [-0.4, -0.2) is 24.6 Å². The van der Waals surface area contributed by atoms with Crippen LogP contribution in [0.25, 0.3) is 0 Å². The van der Waals surface area contributed by atoms with Gasteiger partial charge in [0.1, 0.15) is 6.10 Å². The van der Waals surface area contributed by atoms with Gasteiger partial charge in [0, 0.05) is 0 Å². The highest BCUT2D eigenvalue weighted by Gasteiger charge is 2.37. The van der Waals surface area contributed by atoms with E-state index in [0.29, 0.717) is 12.2 Å². The quantitative estimate of drug-likeness (QED) is 0.595. The van der Waals surface area contributed by atoms with E-state index >= 15 is 0 Å². The molecule has 1 fully saturated rings. The van der Waals surface area contributed by atoms with E-state index in [4.69, 9.17) is 9.47 Å². The van der Waals surface area contributed by atoms with Crippen molar-refractivity contribution in [3.63, 3.8) is 0 Å². The number of hydrogen-bond acceptors (Lipinski definition) is 4. The number of hydrogen-bond donors (Lipinski definition) is 0. The van der Waals surface area contributed by atoms with Crippen LogP contribution in [0.15, 0.2) is 30.3 Å². The molecule has 4 heteroatoms. The molecule has 2 rings (SSSR count). The van der Waals surface area contributed by atoms with E-state index in [1.54, 1.807) is 24.3 Å². The van der Waals surface area contributed by atoms with Gasteiger partial charge < -0.3 is 9.47 Å². The molecule has 0 N–H and O–H groups in total. The average molecular weight is 290 g/mol. The van der Waals surface area contributed by atoms with E-state index in [-0.39, 0.29) is 24.0 Å². The van der Waals surface area contributed by atoms with Gasteiger partial charge in [0.15, 0.2) is 0 Å². The van der Waals surface area contributed by atoms with E-state index < -0.39 is 0 Å². The molecule has 21 heavy (non-hydrogen) atoms. The fraction of sp³-hybridized carbons (Fsp3) is 0.529. The summed E-state index contributed by atoms with van der Waals surface area (Å²) in [5.74, 6) is -0.907. The van der Waals surface area contributed by atoms with Crippen LogP contribution in [0.4, 0.5) is 0 Å². The van der Waals surface area contributed by atoms with E-state index in [9.17, 15) is 9.59 Å². The van der Waals surface area contributed by atoms with Crippen LogP contribution >= 0.6 is 0 Å². The summed E-state index contributed by atoms with van der Waals surface area (Å²) in [5.41, 5.74) is 0.516. The molecule has 0 saturated heterocycles. The minimum atomic E-state index is -0.367. The number of benzene rings is 1. The summed E-state index contributed by atoms with van der Waals surface area (Å²) in [6, 6.07) is 8.86. The van der Waals surface area contributed by atoms with Crippen molar-refractivity contribution in [1.82, 2.24) is 0 Å². The lowest BCUT2D eigenvalue weighted by Gasteiger charge is -2.19. The van der Waals surface area contributed by atoms with Gasteiger partial charge in [0.2, 0.25) is 0 Å². The van der Waals surface area contributed by atoms with Crippen LogP contribution in [0.2, 0.25) is 0 Å². The highest BCUT2D eigenvalue weighted by molar-refractivity contribution is 5.89. The van der Waals surface area contributed by atoms with Gasteiger partial charge in [-0.2, -0.15) is 0 Å². The minimum Gasteiger partial charge on any atom is -0.465 e. The smallest absolute Gasteiger partial charge is 0.338 e. The van der Waals surface area contributed by atoms with E-state index in [1.165, 1.54) is 0 Å². The Morgan fingerprint density at radius 2 is 1.95 bits per heavy atom. The first kappa shape index (κ1) is 15.5. The maximum atomic E-state index is 12.1. The third-order valence-corrected chi connectivity index (χ3v) is 3.77. The summed E-state index contributed by atoms with van der Waals surface area (Å²) in [7, 11) is 0. The number of ether oxygens (including phenoxy) is 2. The minimum absolute atomic E-state index is 0.230. The lowest BCUT2D eigenvalue weighted by atomic mass is 10.1. The average Bonchev–Trinajstić information content (AvgIpc) is 2.96. The molecule has 2 unspecified atom stereocenters. The van der Waals surface area contributed by atoms with Gasteiger partial charge in [-0.05, 0) is 37.8 Å². The molecule has 0 spiro atoms. The highest BCUT2D eigenvalue weighted by atomic mass is 16.6. The van der Waals surface area contributed by atoms with Crippen LogP contribution < -0.4 is 0 Å². The SMILES string of the molecule is CCCCOC(=O)C1CCCC1OC(=O)c1ccccc1. The fourth-order valence-corrected chi connectivity index (χ4v) is 2.54. The molecular weight excluding hydrogens is 268 g/mol. The molecule has 1 saturated carbocycles. The first-order chi connectivity index (χ1) is 10.2. The standard InChI is InChI=1S/C17H22O4/c1-2-3-12-20-17(19)14-10-7-11-15(14)21-16(18)13-8-5-4-6-9-13/h4-6,8-9,14-15H,2-3,7,10-12H2,1H3. The van der Waals surface area contributed by atoms with Crippen molar-refractivity contribution in [2.45, 2.75) is 45.1 Å². The Kier molecular flexibility index (Phi) is 5.78. The van der Waals surface area contributed by atoms with Crippen molar-refractivity contribution in [1.29, 1.82) is 0 Å². The Morgan fingerprint density at radius 3 is 2.67 bits per heavy atom. The van der Waals surface area contributed by atoms with E-state index in [0.717, 1.165) is 32.1 Å². The van der Waals surface area contributed by atoms with Gasteiger partial charge in [-0.25, -0.2) is 4.79 Å². The second kappa shape index (κ2) is 7.81. The zero-order valence-corrected chi connectivity index (χ0v) is 12.4. The third kappa shape index (κ3) is 4.31. The number of esters is 2. The molecule has 0 aromatic heterocycles. The molecule has 2 atom stereocenters. The molecule has 0 heterocycles. The predicted octanol–water partition coefficient (Wildman–Crippen LogP) is 3.36. The summed E-state index contributed by atoms with van der Waals surface area (Å²) < 4.78 is 10.8. The second-order valence-corrected chi connectivity index (χ2v) is 5.37. The van der Waals surface area contributed by atoms with Crippen LogP contribution in [0.1, 0.15) is 49.4 Å². The van der Waals surface area contributed by atoms with Crippen molar-refractivity contribution in [2.75, 3.05) is 6.61 Å². The summed E-state index contributed by atoms with van der Waals surface area (Å²) in [5, 5.41) is 0. The Hall–Kier alpha value is -1.84. The molecule has 0 radical (unpaired) electrons. The zero-order valence-electron chi connectivity index (χ0n) is 12.4. The van der Waals surface area contributed by atoms with Crippen molar-refractivity contribution < 1.29 is 19.1 Å². The lowest BCUT2D eigenvalue weighted by Crippen LogP contribution is -2.29. The molecule has 0 aliphatic heterocycles. The third-order valence-electron chi connectivity index (χ3n) is 3.77. The number of carbonyl (C=O) groups is 2. The van der Waals surface area contributed by atoms with E-state index in [1.807, 2.05) is 13.0 Å². The number of unbranched alkanes of at least 4 members (excludes halogenated alkanes) is 1. The maximum Gasteiger partial charge on any atom is 0.338 e. The molecule has 114 valence electrons. The topological polar surface area (TPSA) is 52.6 Å². The van der Waals surface area contributed by atoms with Crippen LogP contribution in [0.3, 0.4) is 0 Å². The van der Waals surface area contributed by atoms with Crippen molar-refractivity contribution in [2.24, 2.45) is 5.92 Å². The van der Waals surface area contributed by atoms with Crippen LogP contribution in [-0.2, 0) is 14.3 Å². The molecule has 1 aliphatic rings. The Labute approximate surface area is 125 Å². The predicted molar refractivity (Wildman–Crippen MR) is 78.9 cm³/mol. The Morgan fingerprint density at radius 1 is 1.19 bits per heavy atom. The molecule has 0 amide bonds. The summed E-state index contributed by atoms with van der Waals surface area (Å²) in [4.78, 5) is 24.1. The molecule has 4 nitrogen and oxygen atoms in total. The second-order valence-electron chi connectivity index (χ2n) is 5.37. The highest BCUT2D eigenvalue weighted by Crippen LogP contribution is 2.30. The first-order valence-corrected chi connectivity index (χ1v) is 7.65. The monoisotopic (exact) mass is 290 g/mol. The zero-order chi connectivity index (χ0) is 15.1. The van der Waals surface area contributed by atoms with Gasteiger partial charge in [0.05, 0.1) is 18.1 Å². The van der Waals surface area contributed by atoms with Crippen molar-refractivity contribution in [3.8, 4) is 0 Å². The van der Waals surface area contributed by atoms with Gasteiger partial charge in [0.25, 0.3) is 0 Å². The molecule has 1 aromatic rings. The van der Waals surface area contributed by atoms with E-state index in [2.05, 4.69) is 0 Å². The summed E-state index contributed by atoms with van der Waals surface area (Å²) in [6.45, 7) is 2.50. The van der Waals surface area contributed by atoms with Gasteiger partial charge in [-0.1, -0.05) is 31.5 Å². The lowest BCUT2D eigenvalue weighted by molar-refractivity contribution is -0.151. The van der Waals surface area contributed by atoms with Gasteiger partial charge in [-0.15, -0.1) is 0 Å². The Bertz CT molecular complexity index is 469. The summed E-state index contributed by atoms with van der Waals surface area (Å²) in [6.07, 6.45) is 3.85. The Balaban J connectivity index is 1.90. The molecule has 1 aromatic carbocycles. The fourth-order valence-electron chi connectivity index (χ4n) is 2.54. The van der Waals surface area contributed by atoms with Crippen LogP contribution in [0, 0.1) is 5.92 Å². The van der Waals surface area contributed by atoms with Crippen molar-refractivity contribution >= 4 is 11.9 Å². The van der Waals surface area contributed by atoms with Crippen LogP contribution in [0.5, 0.6) is 0 Å². The molecule has 0 bridgehead atoms. The normalized spacial score (nSPS) is 21.0. The number of rotatable bonds is 6. The maximum absolute atomic E-state index is 12.1. The first-order valence-electron chi connectivity index (χ1n) is 7.65. The number of carbonyl (C=O) groups excluding carboxylic acids is 2. The summed E-state index contributed by atoms with van der Waals surface area (Å²) >= 11 is 0.